The van der Waals surface area contributed by atoms with Crippen molar-refractivity contribution >= 4 is 17.9 Å². The van der Waals surface area contributed by atoms with Crippen molar-refractivity contribution in [1.29, 1.82) is 0 Å². The maximum atomic E-state index is 11.8. The molecular formula is C16H29N3O5. The molecule has 0 unspecified atom stereocenters. The lowest BCUT2D eigenvalue weighted by atomic mass is 9.97. The van der Waals surface area contributed by atoms with E-state index in [2.05, 4.69) is 10.6 Å². The average molecular weight is 343 g/mol. The van der Waals surface area contributed by atoms with Crippen LogP contribution in [0.1, 0.15) is 33.6 Å². The summed E-state index contributed by atoms with van der Waals surface area (Å²) < 4.78 is 9.90. The van der Waals surface area contributed by atoms with E-state index in [0.717, 1.165) is 12.8 Å². The first-order valence-electron chi connectivity index (χ1n) is 8.21. The zero-order chi connectivity index (χ0) is 18.2. The van der Waals surface area contributed by atoms with Crippen LogP contribution in [0.2, 0.25) is 0 Å². The van der Waals surface area contributed by atoms with Crippen LogP contribution >= 0.6 is 0 Å². The highest BCUT2D eigenvalue weighted by atomic mass is 16.6. The van der Waals surface area contributed by atoms with Crippen LogP contribution in [0.5, 0.6) is 0 Å². The number of nitrogens with zero attached hydrogens (tertiary/aromatic N) is 1. The Bertz CT molecular complexity index is 439. The molecule has 0 spiro atoms. The fraction of sp³-hybridized carbons (Fsp3) is 0.812. The van der Waals surface area contributed by atoms with Crippen LogP contribution < -0.4 is 10.6 Å². The Balaban J connectivity index is 2.18. The summed E-state index contributed by atoms with van der Waals surface area (Å²) in [6, 6.07) is 0. The first-order chi connectivity index (χ1) is 11.2. The summed E-state index contributed by atoms with van der Waals surface area (Å²) >= 11 is 0. The van der Waals surface area contributed by atoms with Crippen molar-refractivity contribution in [2.45, 2.75) is 39.2 Å². The largest absolute Gasteiger partial charge is 0.444 e. The zero-order valence-corrected chi connectivity index (χ0v) is 15.0. The van der Waals surface area contributed by atoms with Crippen LogP contribution in [0, 0.1) is 5.92 Å². The number of hydrogen-bond donors (Lipinski definition) is 2. The van der Waals surface area contributed by atoms with E-state index in [0.29, 0.717) is 25.6 Å². The predicted octanol–water partition coefficient (Wildman–Crippen LogP) is 0.512. The van der Waals surface area contributed by atoms with Gasteiger partial charge in [-0.3, -0.25) is 9.59 Å². The van der Waals surface area contributed by atoms with Crippen molar-refractivity contribution in [1.82, 2.24) is 15.5 Å². The van der Waals surface area contributed by atoms with Gasteiger partial charge in [-0.25, -0.2) is 4.79 Å². The molecule has 0 saturated carbocycles. The fourth-order valence-corrected chi connectivity index (χ4v) is 2.39. The molecule has 1 aliphatic heterocycles. The molecule has 8 heteroatoms. The van der Waals surface area contributed by atoms with Crippen LogP contribution in [0.3, 0.4) is 0 Å². The zero-order valence-electron chi connectivity index (χ0n) is 15.0. The number of ether oxygens (including phenoxy) is 2. The lowest BCUT2D eigenvalue weighted by molar-refractivity contribution is -0.136. The number of nitrogens with one attached hydrogen (secondary N) is 2. The Hall–Kier alpha value is -1.83. The molecule has 24 heavy (non-hydrogen) atoms. The first kappa shape index (κ1) is 20.2. The quantitative estimate of drug-likeness (QED) is 0.732. The van der Waals surface area contributed by atoms with Gasteiger partial charge in [-0.15, -0.1) is 0 Å². The van der Waals surface area contributed by atoms with Crippen molar-refractivity contribution in [3.63, 3.8) is 0 Å². The summed E-state index contributed by atoms with van der Waals surface area (Å²) in [7, 11) is 1.51. The number of piperidine rings is 1. The van der Waals surface area contributed by atoms with Gasteiger partial charge in [0.2, 0.25) is 11.8 Å². The molecule has 3 amide bonds. The molecule has 2 N–H and O–H groups in total. The van der Waals surface area contributed by atoms with Crippen LogP contribution in [0.25, 0.3) is 0 Å². The normalized spacial score (nSPS) is 15.8. The van der Waals surface area contributed by atoms with Gasteiger partial charge in [0, 0.05) is 26.7 Å². The highest BCUT2D eigenvalue weighted by molar-refractivity contribution is 5.82. The van der Waals surface area contributed by atoms with E-state index in [9.17, 15) is 14.4 Å². The maximum absolute atomic E-state index is 11.8. The molecule has 0 aliphatic carbocycles. The molecule has 1 heterocycles. The minimum atomic E-state index is -0.609. The molecule has 138 valence electrons. The highest BCUT2D eigenvalue weighted by Gasteiger charge is 2.23. The average Bonchev–Trinajstić information content (AvgIpc) is 2.50. The monoisotopic (exact) mass is 343 g/mol. The Labute approximate surface area is 143 Å². The molecule has 0 radical (unpaired) electrons. The molecule has 0 aromatic carbocycles. The van der Waals surface area contributed by atoms with Crippen molar-refractivity contribution in [3.8, 4) is 0 Å². The molecule has 0 aromatic rings. The first-order valence-corrected chi connectivity index (χ1v) is 8.21. The summed E-state index contributed by atoms with van der Waals surface area (Å²) in [5, 5.41) is 5.23. The standard InChI is InChI=1S/C16H29N3O5/c1-16(2,3)24-15(22)18-10-13(20)17-9-12-5-7-19(8-6-12)14(21)11-23-4/h12H,5-11H2,1-4H3,(H,17,20)(H,18,22). The second-order valence-electron chi connectivity index (χ2n) is 6.92. The predicted molar refractivity (Wildman–Crippen MR) is 88.4 cm³/mol. The molecule has 1 aliphatic rings. The molecule has 1 saturated heterocycles. The van der Waals surface area contributed by atoms with E-state index >= 15 is 0 Å². The molecular weight excluding hydrogens is 314 g/mol. The van der Waals surface area contributed by atoms with Crippen LogP contribution in [-0.4, -0.2) is 68.3 Å². The number of hydrogen-bond acceptors (Lipinski definition) is 5. The SMILES string of the molecule is COCC(=O)N1CCC(CNC(=O)CNC(=O)OC(C)(C)C)CC1. The number of carbonyl (C=O) groups is 3. The second-order valence-corrected chi connectivity index (χ2v) is 6.92. The van der Waals surface area contributed by atoms with E-state index in [1.165, 1.54) is 7.11 Å². The highest BCUT2D eigenvalue weighted by Crippen LogP contribution is 2.16. The number of methoxy groups -OCH3 is 1. The second kappa shape index (κ2) is 9.46. The summed E-state index contributed by atoms with van der Waals surface area (Å²) in [5.74, 6) is 0.0855. The summed E-state index contributed by atoms with van der Waals surface area (Å²) in [6.07, 6.45) is 1.08. The fourth-order valence-electron chi connectivity index (χ4n) is 2.39. The number of likely N-dealkylation sites (tertiary alicyclic amines) is 1. The van der Waals surface area contributed by atoms with Gasteiger partial charge in [0.25, 0.3) is 0 Å². The smallest absolute Gasteiger partial charge is 0.408 e. The van der Waals surface area contributed by atoms with Gasteiger partial charge in [0.1, 0.15) is 12.2 Å². The maximum Gasteiger partial charge on any atom is 0.408 e. The molecule has 8 nitrogen and oxygen atoms in total. The van der Waals surface area contributed by atoms with Gasteiger partial charge in [0.05, 0.1) is 6.54 Å². The number of amides is 3. The number of alkyl carbamates (subject to hydrolysis) is 1. The summed E-state index contributed by atoms with van der Waals surface area (Å²) in [4.78, 5) is 36.7. The molecule has 1 rings (SSSR count). The van der Waals surface area contributed by atoms with Gasteiger partial charge in [-0.1, -0.05) is 0 Å². The third-order valence-corrected chi connectivity index (χ3v) is 3.62. The van der Waals surface area contributed by atoms with Gasteiger partial charge < -0.3 is 25.0 Å². The van der Waals surface area contributed by atoms with Crippen molar-refractivity contribution in [3.05, 3.63) is 0 Å². The van der Waals surface area contributed by atoms with Crippen LogP contribution in [-0.2, 0) is 19.1 Å². The van der Waals surface area contributed by atoms with Gasteiger partial charge in [-0.2, -0.15) is 0 Å². The molecule has 1 fully saturated rings. The third-order valence-electron chi connectivity index (χ3n) is 3.62. The Morgan fingerprint density at radius 2 is 1.75 bits per heavy atom. The van der Waals surface area contributed by atoms with Crippen LogP contribution in [0.4, 0.5) is 4.79 Å². The Kier molecular flexibility index (Phi) is 7.97. The van der Waals surface area contributed by atoms with E-state index < -0.39 is 11.7 Å². The van der Waals surface area contributed by atoms with Crippen molar-refractivity contribution in [2.24, 2.45) is 5.92 Å². The van der Waals surface area contributed by atoms with Crippen molar-refractivity contribution < 1.29 is 23.9 Å². The topological polar surface area (TPSA) is 97.0 Å². The number of rotatable bonds is 6. The Morgan fingerprint density at radius 3 is 2.29 bits per heavy atom. The van der Waals surface area contributed by atoms with Crippen LogP contribution in [0.15, 0.2) is 0 Å². The molecule has 0 bridgehead atoms. The lowest BCUT2D eigenvalue weighted by Crippen LogP contribution is -2.44. The van der Waals surface area contributed by atoms with E-state index in [1.54, 1.807) is 25.7 Å². The lowest BCUT2D eigenvalue weighted by Gasteiger charge is -2.32. The Morgan fingerprint density at radius 1 is 1.12 bits per heavy atom. The van der Waals surface area contributed by atoms with Crippen molar-refractivity contribution in [2.75, 3.05) is 39.9 Å². The van der Waals surface area contributed by atoms with Gasteiger partial charge in [-0.05, 0) is 39.5 Å². The van der Waals surface area contributed by atoms with E-state index in [-0.39, 0.29) is 25.0 Å². The number of carbonyl (C=O) groups excluding carboxylic acids is 3. The summed E-state index contributed by atoms with van der Waals surface area (Å²) in [5.41, 5.74) is -0.589. The molecule has 0 aromatic heterocycles. The summed E-state index contributed by atoms with van der Waals surface area (Å²) in [6.45, 7) is 7.18. The minimum Gasteiger partial charge on any atom is -0.444 e. The minimum absolute atomic E-state index is 0.00143. The third kappa shape index (κ3) is 8.14. The van der Waals surface area contributed by atoms with E-state index in [1.807, 2.05) is 0 Å². The van der Waals surface area contributed by atoms with E-state index in [4.69, 9.17) is 9.47 Å². The van der Waals surface area contributed by atoms with Gasteiger partial charge in [0.15, 0.2) is 0 Å². The van der Waals surface area contributed by atoms with Gasteiger partial charge >= 0.3 is 6.09 Å². The molecule has 0 atom stereocenters.